The van der Waals surface area contributed by atoms with E-state index < -0.39 is 5.91 Å². The van der Waals surface area contributed by atoms with Crippen LogP contribution < -0.4 is 11.1 Å². The van der Waals surface area contributed by atoms with Crippen LogP contribution in [-0.2, 0) is 6.54 Å². The number of benzene rings is 2. The van der Waals surface area contributed by atoms with Crippen LogP contribution in [0.3, 0.4) is 0 Å². The second-order valence-electron chi connectivity index (χ2n) is 6.23. The molecular formula is C19H19N5O. The molecule has 2 aromatic carbocycles. The molecule has 0 fully saturated rings. The smallest absolute Gasteiger partial charge is 0.248 e. The molecule has 1 aliphatic heterocycles. The Bertz CT molecular complexity index is 932. The molecule has 1 amide bonds. The van der Waals surface area contributed by atoms with Gasteiger partial charge in [0.15, 0.2) is 0 Å². The quantitative estimate of drug-likeness (QED) is 0.771. The molecule has 0 aliphatic carbocycles. The number of anilines is 1. The maximum Gasteiger partial charge on any atom is 0.248 e. The van der Waals surface area contributed by atoms with E-state index in [1.807, 2.05) is 28.9 Å². The topological polar surface area (TPSA) is 85.8 Å². The van der Waals surface area contributed by atoms with Crippen molar-refractivity contribution in [3.63, 3.8) is 0 Å². The lowest BCUT2D eigenvalue weighted by Crippen LogP contribution is -2.12. The summed E-state index contributed by atoms with van der Waals surface area (Å²) in [5, 5.41) is 12.2. The van der Waals surface area contributed by atoms with Gasteiger partial charge in [0.2, 0.25) is 5.91 Å². The van der Waals surface area contributed by atoms with Crippen molar-refractivity contribution in [3.8, 4) is 11.3 Å². The van der Waals surface area contributed by atoms with Gasteiger partial charge in [0.1, 0.15) is 0 Å². The number of nitrogens with one attached hydrogen (secondary N) is 1. The maximum absolute atomic E-state index is 11.5. The summed E-state index contributed by atoms with van der Waals surface area (Å²) in [6.07, 6.45) is 0. The van der Waals surface area contributed by atoms with Gasteiger partial charge in [-0.25, -0.2) is 4.68 Å². The van der Waals surface area contributed by atoms with Gasteiger partial charge in [-0.15, -0.1) is 5.10 Å². The van der Waals surface area contributed by atoms with Gasteiger partial charge >= 0.3 is 0 Å². The van der Waals surface area contributed by atoms with E-state index in [0.29, 0.717) is 18.7 Å². The summed E-state index contributed by atoms with van der Waals surface area (Å²) in [5.41, 5.74) is 10.9. The first-order valence-corrected chi connectivity index (χ1v) is 8.31. The molecule has 3 N–H and O–H groups in total. The van der Waals surface area contributed by atoms with Crippen molar-refractivity contribution in [1.82, 2.24) is 15.0 Å². The van der Waals surface area contributed by atoms with Crippen molar-refractivity contribution in [2.45, 2.75) is 19.4 Å². The minimum absolute atomic E-state index is 0.117. The van der Waals surface area contributed by atoms with Gasteiger partial charge < -0.3 is 11.1 Å². The van der Waals surface area contributed by atoms with Crippen molar-refractivity contribution in [2.75, 3.05) is 11.9 Å². The van der Waals surface area contributed by atoms with E-state index in [9.17, 15) is 4.79 Å². The number of hydrogen-bond donors (Lipinski definition) is 2. The van der Waals surface area contributed by atoms with Crippen LogP contribution >= 0.6 is 0 Å². The van der Waals surface area contributed by atoms with E-state index in [-0.39, 0.29) is 5.92 Å². The Morgan fingerprint density at radius 2 is 2.04 bits per heavy atom. The molecule has 0 spiro atoms. The predicted molar refractivity (Wildman–Crippen MR) is 96.4 cm³/mol. The second-order valence-corrected chi connectivity index (χ2v) is 6.23. The summed E-state index contributed by atoms with van der Waals surface area (Å²) in [6, 6.07) is 15.7. The first-order valence-electron chi connectivity index (χ1n) is 8.31. The summed E-state index contributed by atoms with van der Waals surface area (Å²) in [4.78, 5) is 11.5. The zero-order valence-electron chi connectivity index (χ0n) is 13.9. The maximum atomic E-state index is 11.5. The lowest BCUT2D eigenvalue weighted by Gasteiger charge is -2.14. The summed E-state index contributed by atoms with van der Waals surface area (Å²) < 4.78 is 1.93. The zero-order chi connectivity index (χ0) is 17.4. The molecule has 1 atom stereocenters. The Morgan fingerprint density at radius 3 is 2.80 bits per heavy atom. The summed E-state index contributed by atoms with van der Waals surface area (Å²) in [6.45, 7) is 3.56. The third-order valence-corrected chi connectivity index (χ3v) is 4.67. The zero-order valence-corrected chi connectivity index (χ0v) is 13.9. The highest BCUT2D eigenvalue weighted by atomic mass is 16.1. The first-order chi connectivity index (χ1) is 12.1. The average molecular weight is 333 g/mol. The van der Waals surface area contributed by atoms with Gasteiger partial charge in [0, 0.05) is 29.3 Å². The molecule has 2 heterocycles. The third kappa shape index (κ3) is 2.65. The molecule has 0 bridgehead atoms. The van der Waals surface area contributed by atoms with Gasteiger partial charge in [0.05, 0.1) is 17.9 Å². The van der Waals surface area contributed by atoms with Gasteiger partial charge in [-0.3, -0.25) is 4.79 Å². The number of rotatable bonds is 3. The lowest BCUT2D eigenvalue weighted by molar-refractivity contribution is 0.100. The molecule has 4 rings (SSSR count). The lowest BCUT2D eigenvalue weighted by atomic mass is 9.93. The van der Waals surface area contributed by atoms with Crippen LogP contribution in [0.25, 0.3) is 11.3 Å². The minimum atomic E-state index is -0.432. The summed E-state index contributed by atoms with van der Waals surface area (Å²) >= 11 is 0. The number of amides is 1. The fourth-order valence-corrected chi connectivity index (χ4v) is 3.30. The Hall–Kier alpha value is -3.15. The Labute approximate surface area is 145 Å². The predicted octanol–water partition coefficient (Wildman–Crippen LogP) is 2.62. The number of primary amides is 1. The summed E-state index contributed by atoms with van der Waals surface area (Å²) in [5.74, 6) is -0.315. The van der Waals surface area contributed by atoms with E-state index in [1.54, 1.807) is 12.1 Å². The van der Waals surface area contributed by atoms with E-state index in [1.165, 1.54) is 5.56 Å². The molecule has 0 unspecified atom stereocenters. The number of fused-ring (bicyclic) bond motifs is 3. The second kappa shape index (κ2) is 6.05. The van der Waals surface area contributed by atoms with Crippen molar-refractivity contribution in [3.05, 3.63) is 65.4 Å². The van der Waals surface area contributed by atoms with Crippen LogP contribution in [0.1, 0.15) is 34.5 Å². The average Bonchev–Trinajstić information content (AvgIpc) is 2.96. The Kier molecular flexibility index (Phi) is 3.72. The van der Waals surface area contributed by atoms with E-state index in [0.717, 1.165) is 22.6 Å². The monoisotopic (exact) mass is 333 g/mol. The fourth-order valence-electron chi connectivity index (χ4n) is 3.30. The van der Waals surface area contributed by atoms with Gasteiger partial charge in [-0.2, -0.15) is 0 Å². The third-order valence-electron chi connectivity index (χ3n) is 4.67. The number of aromatic nitrogens is 3. The van der Waals surface area contributed by atoms with Crippen molar-refractivity contribution in [2.24, 2.45) is 5.73 Å². The van der Waals surface area contributed by atoms with Crippen LogP contribution in [0, 0.1) is 0 Å². The molecule has 0 radical (unpaired) electrons. The molecule has 1 aromatic heterocycles. The largest absolute Gasteiger partial charge is 0.383 e. The number of nitrogens with zero attached hydrogens (tertiary/aromatic N) is 3. The molecule has 25 heavy (non-hydrogen) atoms. The van der Waals surface area contributed by atoms with Crippen molar-refractivity contribution < 1.29 is 4.79 Å². The van der Waals surface area contributed by atoms with Gasteiger partial charge in [-0.05, 0) is 23.8 Å². The molecule has 3 aromatic rings. The number of nitrogens with two attached hydrogens (primary N) is 1. The number of carbonyl (C=O) groups excluding carboxylic acids is 1. The van der Waals surface area contributed by atoms with Crippen molar-refractivity contribution >= 4 is 11.6 Å². The van der Waals surface area contributed by atoms with Crippen molar-refractivity contribution in [1.29, 1.82) is 0 Å². The fraction of sp³-hybridized carbons (Fsp3) is 0.211. The Balaban J connectivity index is 1.86. The van der Waals surface area contributed by atoms with E-state index in [4.69, 9.17) is 5.73 Å². The molecular weight excluding hydrogens is 314 g/mol. The molecule has 6 nitrogen and oxygen atoms in total. The van der Waals surface area contributed by atoms with Gasteiger partial charge in [-0.1, -0.05) is 42.5 Å². The van der Waals surface area contributed by atoms with Crippen LogP contribution in [-0.4, -0.2) is 27.4 Å². The molecule has 1 aliphatic rings. The highest BCUT2D eigenvalue weighted by molar-refractivity contribution is 5.95. The van der Waals surface area contributed by atoms with Crippen LogP contribution in [0.5, 0.6) is 0 Å². The van der Waals surface area contributed by atoms with Gasteiger partial charge in [0.25, 0.3) is 0 Å². The van der Waals surface area contributed by atoms with Crippen LogP contribution in [0.2, 0.25) is 0 Å². The highest BCUT2D eigenvalue weighted by Crippen LogP contribution is 2.37. The molecule has 0 saturated heterocycles. The standard InChI is InChI=1S/C19H19N5O/c1-12(13-5-3-2-4-6-13)17-18-15-8-7-14(19(20)25)11-16(15)21-9-10-24(18)23-22-17/h2-8,11-12,21H,9-10H2,1H3,(H2,20,25)/t12-/m1/s1. The minimum Gasteiger partial charge on any atom is -0.383 e. The SMILES string of the molecule is C[C@H](c1ccccc1)c1nnn2c1-c1ccc(C(N)=O)cc1NCC2. The van der Waals surface area contributed by atoms with Crippen LogP contribution in [0.15, 0.2) is 48.5 Å². The highest BCUT2D eigenvalue weighted by Gasteiger charge is 2.25. The first kappa shape index (κ1) is 15.4. The van der Waals surface area contributed by atoms with E-state index in [2.05, 4.69) is 34.7 Å². The number of carbonyl (C=O) groups is 1. The summed E-state index contributed by atoms with van der Waals surface area (Å²) in [7, 11) is 0. The molecule has 0 saturated carbocycles. The van der Waals surface area contributed by atoms with E-state index >= 15 is 0 Å². The Morgan fingerprint density at radius 1 is 1.24 bits per heavy atom. The molecule has 6 heteroatoms. The normalized spacial score (nSPS) is 14.0. The number of hydrogen-bond acceptors (Lipinski definition) is 4. The molecule has 126 valence electrons. The van der Waals surface area contributed by atoms with Crippen LogP contribution in [0.4, 0.5) is 5.69 Å².